The van der Waals surface area contributed by atoms with Gasteiger partial charge >= 0.3 is 157 Å². The van der Waals surface area contributed by atoms with Crippen LogP contribution in [0.5, 0.6) is 0 Å². The van der Waals surface area contributed by atoms with Crippen molar-refractivity contribution in [3.05, 3.63) is 11.6 Å². The minimum atomic E-state index is -2.08. The third-order valence-electron chi connectivity index (χ3n) is 5.79. The summed E-state index contributed by atoms with van der Waals surface area (Å²) in [5.41, 5.74) is 1.97. The van der Waals surface area contributed by atoms with E-state index in [4.69, 9.17) is 4.74 Å². The maximum atomic E-state index is 6.45. The van der Waals surface area contributed by atoms with Gasteiger partial charge in [-0.1, -0.05) is 0 Å². The third kappa shape index (κ3) is 8.74. The van der Waals surface area contributed by atoms with Crippen LogP contribution >= 0.6 is 0 Å². The Bertz CT molecular complexity index is 337. The third-order valence-corrected chi connectivity index (χ3v) is 20.2. The summed E-state index contributed by atoms with van der Waals surface area (Å²) < 4.78 is 12.3. The molecule has 0 radical (unpaired) electrons. The molecule has 0 aromatic carbocycles. The van der Waals surface area contributed by atoms with Crippen LogP contribution in [0.2, 0.25) is 13.3 Å². The SMILES string of the molecule is CCC[CH2][Sn]([CH2]CCC)([CH2]CCC)[CH2]OCC1=CC(C)(C)CCC1. The molecule has 0 aliphatic heterocycles. The van der Waals surface area contributed by atoms with Gasteiger partial charge in [-0.3, -0.25) is 0 Å². The second-order valence-corrected chi connectivity index (χ2v) is 22.6. The number of hydrogen-bond donors (Lipinski definition) is 0. The summed E-state index contributed by atoms with van der Waals surface area (Å²) in [6, 6.07) is 0. The molecule has 0 saturated carbocycles. The molecule has 0 amide bonds. The van der Waals surface area contributed by atoms with Crippen LogP contribution in [-0.4, -0.2) is 29.6 Å². The van der Waals surface area contributed by atoms with Crippen molar-refractivity contribution in [1.29, 1.82) is 0 Å². The first kappa shape index (κ1) is 22.5. The standard InChI is InChI=1S/C10H17O.3C4H9.Sn/c1-10(2)6-4-5-9(7-10)8-11-3;3*1-3-4-2;/h7H,3-6,8H2,1-2H3;3*1,3-4H2,2H3;. The fraction of sp³-hybridized carbons (Fsp3) is 0.909. The molecule has 24 heavy (non-hydrogen) atoms. The molecule has 1 aliphatic rings. The van der Waals surface area contributed by atoms with Gasteiger partial charge in [0.15, 0.2) is 0 Å². The molecule has 0 unspecified atom stereocenters. The Morgan fingerprint density at radius 3 is 1.96 bits per heavy atom. The topological polar surface area (TPSA) is 9.23 Å². The number of allylic oxidation sites excluding steroid dienone is 1. The fourth-order valence-corrected chi connectivity index (χ4v) is 18.6. The van der Waals surface area contributed by atoms with Crippen LogP contribution in [0.1, 0.15) is 92.4 Å². The Hall–Kier alpha value is 0.499. The van der Waals surface area contributed by atoms with Crippen molar-refractivity contribution in [3.63, 3.8) is 0 Å². The quantitative estimate of drug-likeness (QED) is 0.211. The summed E-state index contributed by atoms with van der Waals surface area (Å²) >= 11 is -2.08. The van der Waals surface area contributed by atoms with Gasteiger partial charge in [-0.25, -0.2) is 0 Å². The monoisotopic (exact) mass is 444 g/mol. The number of ether oxygens (including phenoxy) is 1. The summed E-state index contributed by atoms with van der Waals surface area (Å²) in [6.07, 6.45) is 14.9. The van der Waals surface area contributed by atoms with Crippen LogP contribution in [-0.2, 0) is 4.74 Å². The van der Waals surface area contributed by atoms with Crippen molar-refractivity contribution in [2.75, 3.05) is 11.2 Å². The van der Waals surface area contributed by atoms with E-state index >= 15 is 0 Å². The van der Waals surface area contributed by atoms with Gasteiger partial charge in [0.25, 0.3) is 0 Å². The zero-order chi connectivity index (χ0) is 17.9. The number of rotatable bonds is 13. The van der Waals surface area contributed by atoms with Gasteiger partial charge in [0.05, 0.1) is 0 Å². The van der Waals surface area contributed by atoms with Gasteiger partial charge in [-0.15, -0.1) is 0 Å². The van der Waals surface area contributed by atoms with Gasteiger partial charge in [-0.05, 0) is 0 Å². The normalized spacial score (nSPS) is 17.8. The molecule has 0 heterocycles. The van der Waals surface area contributed by atoms with Crippen LogP contribution in [0.15, 0.2) is 11.6 Å². The van der Waals surface area contributed by atoms with E-state index in [0.717, 1.165) is 6.61 Å². The van der Waals surface area contributed by atoms with Crippen molar-refractivity contribution in [2.45, 2.75) is 106 Å². The zero-order valence-electron chi connectivity index (χ0n) is 17.4. The molecule has 1 rings (SSSR count). The van der Waals surface area contributed by atoms with Crippen LogP contribution in [0.3, 0.4) is 0 Å². The summed E-state index contributed by atoms with van der Waals surface area (Å²) in [5.74, 6) is 0. The summed E-state index contributed by atoms with van der Waals surface area (Å²) in [4.78, 5) is 0. The van der Waals surface area contributed by atoms with Crippen LogP contribution in [0, 0.1) is 5.41 Å². The van der Waals surface area contributed by atoms with Gasteiger partial charge in [0, 0.05) is 0 Å². The van der Waals surface area contributed by atoms with Gasteiger partial charge < -0.3 is 0 Å². The van der Waals surface area contributed by atoms with Crippen LogP contribution < -0.4 is 0 Å². The average Bonchev–Trinajstić information content (AvgIpc) is 2.55. The molecular weight excluding hydrogens is 399 g/mol. The number of hydrogen-bond acceptors (Lipinski definition) is 1. The molecule has 1 nitrogen and oxygen atoms in total. The Balaban J connectivity index is 2.62. The van der Waals surface area contributed by atoms with Crippen molar-refractivity contribution < 1.29 is 4.74 Å². The predicted molar refractivity (Wildman–Crippen MR) is 111 cm³/mol. The summed E-state index contributed by atoms with van der Waals surface area (Å²) in [6.45, 7) is 12.7. The van der Waals surface area contributed by atoms with Gasteiger partial charge in [0.2, 0.25) is 0 Å². The van der Waals surface area contributed by atoms with E-state index in [1.807, 2.05) is 0 Å². The Morgan fingerprint density at radius 2 is 1.50 bits per heavy atom. The first-order valence-corrected chi connectivity index (χ1v) is 18.8. The molecule has 0 spiro atoms. The van der Waals surface area contributed by atoms with E-state index in [2.05, 4.69) is 40.7 Å². The van der Waals surface area contributed by atoms with E-state index < -0.39 is 18.4 Å². The number of unbranched alkanes of at least 4 members (excludes halogenated alkanes) is 3. The Morgan fingerprint density at radius 1 is 0.958 bits per heavy atom. The molecule has 0 atom stereocenters. The molecule has 2 heteroatoms. The van der Waals surface area contributed by atoms with Crippen LogP contribution in [0.4, 0.5) is 0 Å². The van der Waals surface area contributed by atoms with E-state index in [-0.39, 0.29) is 0 Å². The molecule has 0 aromatic heterocycles. The van der Waals surface area contributed by atoms with E-state index in [9.17, 15) is 0 Å². The Kier molecular flexibility index (Phi) is 11.3. The minimum absolute atomic E-state index is 0.393. The molecule has 0 aromatic rings. The molecular formula is C22H44OSn. The fourth-order valence-electron chi connectivity index (χ4n) is 4.23. The molecule has 0 N–H and O–H groups in total. The van der Waals surface area contributed by atoms with Crippen molar-refractivity contribution in [3.8, 4) is 0 Å². The zero-order valence-corrected chi connectivity index (χ0v) is 20.2. The van der Waals surface area contributed by atoms with Crippen molar-refractivity contribution >= 4 is 18.4 Å². The van der Waals surface area contributed by atoms with Crippen LogP contribution in [0.25, 0.3) is 0 Å². The van der Waals surface area contributed by atoms with E-state index in [1.165, 1.54) is 62.4 Å². The van der Waals surface area contributed by atoms with E-state index in [0.29, 0.717) is 5.41 Å². The van der Waals surface area contributed by atoms with Gasteiger partial charge in [-0.2, -0.15) is 0 Å². The molecule has 0 fully saturated rings. The van der Waals surface area contributed by atoms with Crippen molar-refractivity contribution in [1.82, 2.24) is 0 Å². The molecule has 142 valence electrons. The molecule has 1 aliphatic carbocycles. The van der Waals surface area contributed by atoms with Gasteiger partial charge in [0.1, 0.15) is 0 Å². The average molecular weight is 443 g/mol. The first-order valence-electron chi connectivity index (χ1n) is 10.8. The van der Waals surface area contributed by atoms with E-state index in [1.54, 1.807) is 18.9 Å². The summed E-state index contributed by atoms with van der Waals surface area (Å²) in [5, 5.41) is 0. The first-order chi connectivity index (χ1) is 11.5. The maximum absolute atomic E-state index is 6.45. The second-order valence-electron chi connectivity index (χ2n) is 8.95. The summed E-state index contributed by atoms with van der Waals surface area (Å²) in [7, 11) is 0. The predicted octanol–water partition coefficient (Wildman–Crippen LogP) is 7.53. The second kappa shape index (κ2) is 12.0. The van der Waals surface area contributed by atoms with Crippen molar-refractivity contribution in [2.24, 2.45) is 5.41 Å². The Labute approximate surface area is 156 Å². The molecule has 0 saturated heterocycles. The molecule has 0 bridgehead atoms.